The van der Waals surface area contributed by atoms with E-state index in [-0.39, 0.29) is 70.1 Å². The number of carbonyl (C=O) groups excluding carboxylic acids is 1. The molecule has 0 aromatic heterocycles. The molecule has 0 spiro atoms. The van der Waals surface area contributed by atoms with Gasteiger partial charge in [0.15, 0.2) is 6.29 Å². The second kappa shape index (κ2) is 27.7. The van der Waals surface area contributed by atoms with Gasteiger partial charge in [0, 0.05) is 25.2 Å². The van der Waals surface area contributed by atoms with Gasteiger partial charge in [0.1, 0.15) is 24.5 Å². The van der Waals surface area contributed by atoms with E-state index in [2.05, 4.69) is 0 Å². The number of hydrogen-bond acceptors (Lipinski definition) is 16. The first kappa shape index (κ1) is 52.9. The van der Waals surface area contributed by atoms with Crippen LogP contribution in [0.15, 0.2) is 85.1 Å². The Morgan fingerprint density at radius 3 is 1.84 bits per heavy atom. The van der Waals surface area contributed by atoms with Crippen LogP contribution in [0.2, 0.25) is 0 Å². The number of allylic oxidation sites excluding steroid dienone is 12. The number of carboxylic acids is 1. The van der Waals surface area contributed by atoms with Gasteiger partial charge < -0.3 is 76.4 Å². The Hall–Kier alpha value is -3.40. The zero-order chi connectivity index (χ0) is 45.8. The number of carboxylic acid groups (broad SMARTS) is 1. The van der Waals surface area contributed by atoms with Crippen LogP contribution >= 0.6 is 0 Å². The molecule has 17 atom stereocenters. The quantitative estimate of drug-likeness (QED) is 0.177. The van der Waals surface area contributed by atoms with Crippen LogP contribution in [0.4, 0.5) is 0 Å². The molecule has 0 aromatic carbocycles. The Labute approximate surface area is 364 Å². The van der Waals surface area contributed by atoms with Crippen molar-refractivity contribution in [3.63, 3.8) is 0 Å². The lowest BCUT2D eigenvalue weighted by Gasteiger charge is -2.41. The van der Waals surface area contributed by atoms with Gasteiger partial charge in [-0.15, -0.1) is 0 Å². The molecule has 2 fully saturated rings. The van der Waals surface area contributed by atoms with Gasteiger partial charge in [0.2, 0.25) is 0 Å². The first-order valence-corrected chi connectivity index (χ1v) is 21.5. The fraction of sp³-hybridized carbons (Fsp3) is 0.644. The number of fused-ring (bicyclic) bond motifs is 2. The maximum Gasteiger partial charge on any atom is 0.309 e. The van der Waals surface area contributed by atoms with Crippen LogP contribution in [0.3, 0.4) is 0 Å². The van der Waals surface area contributed by atoms with Crippen LogP contribution in [-0.2, 0) is 28.5 Å². The highest BCUT2D eigenvalue weighted by Crippen LogP contribution is 2.33. The molecule has 3 heterocycles. The molecule has 0 aromatic rings. The van der Waals surface area contributed by atoms with Crippen molar-refractivity contribution in [2.45, 2.75) is 170 Å². The predicted octanol–water partition coefficient (Wildman–Crippen LogP) is 1.07. The summed E-state index contributed by atoms with van der Waals surface area (Å²) >= 11 is 0. The number of hydrogen-bond donors (Lipinski definition) is 11. The Morgan fingerprint density at radius 1 is 0.629 bits per heavy atom. The van der Waals surface area contributed by atoms with Crippen LogP contribution in [0.1, 0.15) is 78.1 Å². The third-order valence-electron chi connectivity index (χ3n) is 11.1. The lowest BCUT2D eigenvalue weighted by molar-refractivity contribution is -0.281. The monoisotopic (exact) mass is 878 g/mol. The van der Waals surface area contributed by atoms with Crippen molar-refractivity contribution >= 4 is 11.9 Å². The van der Waals surface area contributed by atoms with E-state index in [0.29, 0.717) is 0 Å². The lowest BCUT2D eigenvalue weighted by atomic mass is 9.86. The summed E-state index contributed by atoms with van der Waals surface area (Å²) in [6.07, 6.45) is 9.05. The van der Waals surface area contributed by atoms with Crippen molar-refractivity contribution < 1.29 is 74.5 Å². The molecule has 3 rings (SSSR count). The standard InChI is InChI=1S/C45H70N2O15/c1-27-15-13-11-9-7-5-3-4-6-8-10-12-14-16-32(61-45-42(56)40(46)41(55)43(47)62-45)26-38-34(44(57)58)19-18-33(60-38)23-31(50)24-37(53)35(51)20-17-29(48)22-30(49)25-39(54)59-28(2)21-36(27)52/h3-16,27-38,40-43,45,48-53,55-56H,17-26,46-47H2,1-2H3,(H,57,58)/b4-3+,7-5+,8-6+,11-9+,12-10+,15-13+,16-14+/t27-,28-,29+,30+,31+,32-,33-,34?,35+,36?,37+,38-,40?,41?,42?,43?,45?/m0/s1. The number of aliphatic carboxylic acids is 1. The molecule has 0 amide bonds. The smallest absolute Gasteiger partial charge is 0.309 e. The first-order valence-electron chi connectivity index (χ1n) is 21.5. The molecule has 62 heavy (non-hydrogen) atoms. The maximum atomic E-state index is 12.5. The number of nitrogens with two attached hydrogens (primary N) is 2. The third kappa shape index (κ3) is 19.1. The zero-order valence-corrected chi connectivity index (χ0v) is 35.6. The molecular formula is C45H70N2O15. The highest BCUT2D eigenvalue weighted by atomic mass is 16.7. The number of aliphatic hydroxyl groups is 8. The fourth-order valence-electron chi connectivity index (χ4n) is 7.42. The molecule has 17 nitrogen and oxygen atoms in total. The number of cyclic esters (lactones) is 1. The average Bonchev–Trinajstić information content (AvgIpc) is 3.20. The van der Waals surface area contributed by atoms with Crippen molar-refractivity contribution in [2.75, 3.05) is 0 Å². The first-order chi connectivity index (χ1) is 29.4. The molecule has 7 unspecified atom stereocenters. The van der Waals surface area contributed by atoms with Gasteiger partial charge in [-0.1, -0.05) is 92.0 Å². The molecule has 350 valence electrons. The van der Waals surface area contributed by atoms with E-state index in [9.17, 15) is 55.5 Å². The second-order valence-corrected chi connectivity index (χ2v) is 16.5. The Balaban J connectivity index is 1.78. The number of esters is 1. The largest absolute Gasteiger partial charge is 0.481 e. The van der Waals surface area contributed by atoms with E-state index in [1.54, 1.807) is 49.5 Å². The normalized spacial score (nSPS) is 43.5. The highest BCUT2D eigenvalue weighted by Gasteiger charge is 2.44. The Bertz CT molecular complexity index is 1550. The summed E-state index contributed by atoms with van der Waals surface area (Å²) in [5, 5.41) is 94.8. The van der Waals surface area contributed by atoms with Crippen molar-refractivity contribution in [2.24, 2.45) is 23.3 Å². The summed E-state index contributed by atoms with van der Waals surface area (Å²) in [5.41, 5.74) is 11.8. The minimum absolute atomic E-state index is 0.00854. The molecule has 3 aliphatic heterocycles. The Morgan fingerprint density at radius 2 is 1.23 bits per heavy atom. The van der Waals surface area contributed by atoms with Crippen LogP contribution in [0, 0.1) is 11.8 Å². The summed E-state index contributed by atoms with van der Waals surface area (Å²) in [6, 6.07) is -1.18. The van der Waals surface area contributed by atoms with E-state index >= 15 is 0 Å². The van der Waals surface area contributed by atoms with E-state index in [0.717, 1.165) is 0 Å². The van der Waals surface area contributed by atoms with Gasteiger partial charge in [-0.25, -0.2) is 0 Å². The van der Waals surface area contributed by atoms with Gasteiger partial charge >= 0.3 is 11.9 Å². The lowest BCUT2D eigenvalue weighted by Crippen LogP contribution is -2.64. The zero-order valence-electron chi connectivity index (χ0n) is 35.6. The maximum absolute atomic E-state index is 12.5. The van der Waals surface area contributed by atoms with E-state index in [1.165, 1.54) is 0 Å². The van der Waals surface area contributed by atoms with Crippen LogP contribution in [0.25, 0.3) is 0 Å². The Kier molecular flexibility index (Phi) is 23.7. The molecule has 13 N–H and O–H groups in total. The number of rotatable bonds is 3. The van der Waals surface area contributed by atoms with Crippen LogP contribution in [0.5, 0.6) is 0 Å². The van der Waals surface area contributed by atoms with Crippen molar-refractivity contribution in [3.05, 3.63) is 85.1 Å². The van der Waals surface area contributed by atoms with Crippen LogP contribution in [-0.4, -0.2) is 150 Å². The van der Waals surface area contributed by atoms with Crippen molar-refractivity contribution in [1.29, 1.82) is 0 Å². The topological polar surface area (TPSA) is 305 Å². The van der Waals surface area contributed by atoms with Gasteiger partial charge in [-0.3, -0.25) is 9.59 Å². The van der Waals surface area contributed by atoms with E-state index in [4.69, 9.17) is 30.4 Å². The molecule has 17 heteroatoms. The molecule has 2 bridgehead atoms. The minimum atomic E-state index is -1.47. The molecule has 0 aliphatic carbocycles. The molecule has 0 radical (unpaired) electrons. The predicted molar refractivity (Wildman–Crippen MR) is 228 cm³/mol. The average molecular weight is 879 g/mol. The van der Waals surface area contributed by atoms with E-state index in [1.807, 2.05) is 49.5 Å². The van der Waals surface area contributed by atoms with Gasteiger partial charge in [0.25, 0.3) is 0 Å². The fourth-order valence-corrected chi connectivity index (χ4v) is 7.42. The number of aliphatic hydroxyl groups excluding tert-OH is 8. The van der Waals surface area contributed by atoms with Gasteiger partial charge in [0.05, 0.1) is 73.3 Å². The third-order valence-corrected chi connectivity index (χ3v) is 11.1. The summed E-state index contributed by atoms with van der Waals surface area (Å²) in [7, 11) is 0. The molecular weight excluding hydrogens is 808 g/mol. The van der Waals surface area contributed by atoms with Gasteiger partial charge in [-0.05, 0) is 45.4 Å². The number of carbonyl (C=O) groups is 2. The summed E-state index contributed by atoms with van der Waals surface area (Å²) in [5.74, 6) is -2.99. The molecule has 0 saturated carbocycles. The van der Waals surface area contributed by atoms with Crippen LogP contribution < -0.4 is 11.5 Å². The van der Waals surface area contributed by atoms with E-state index < -0.39 is 110 Å². The summed E-state index contributed by atoms with van der Waals surface area (Å²) < 4.78 is 23.2. The van der Waals surface area contributed by atoms with Gasteiger partial charge in [-0.2, -0.15) is 0 Å². The highest BCUT2D eigenvalue weighted by molar-refractivity contribution is 5.71. The minimum Gasteiger partial charge on any atom is -0.481 e. The molecule has 2 saturated heterocycles. The number of ether oxygens (including phenoxy) is 4. The summed E-state index contributed by atoms with van der Waals surface area (Å²) in [4.78, 5) is 24.8. The SMILES string of the molecule is C[C@H]1CC(O)[C@@H](C)/C=C/C=C/C=C/C=C/C=C/C=C/C=C/[C@H](OC2OC(N)C(O)C(N)C2O)C[C@@H]2O[C@@H](CCC2C(=O)O)C[C@@H](O)C[C@@H](O)[C@H](O)CC[C@@H](O)C[C@@H](O)CC(=O)O1. The second-order valence-electron chi connectivity index (χ2n) is 16.5. The molecule has 3 aliphatic rings. The summed E-state index contributed by atoms with van der Waals surface area (Å²) in [6.45, 7) is 3.47. The van der Waals surface area contributed by atoms with Crippen molar-refractivity contribution in [3.8, 4) is 0 Å². The van der Waals surface area contributed by atoms with Crippen molar-refractivity contribution in [1.82, 2.24) is 0 Å².